The monoisotopic (exact) mass is 397 g/mol. The van der Waals surface area contributed by atoms with E-state index in [1.165, 1.54) is 11.1 Å². The van der Waals surface area contributed by atoms with Crippen molar-refractivity contribution in [1.82, 2.24) is 15.1 Å². The van der Waals surface area contributed by atoms with Crippen LogP contribution in [-0.2, 0) is 24.3 Å². The third kappa shape index (κ3) is 6.29. The van der Waals surface area contributed by atoms with E-state index in [-0.39, 0.29) is 12.5 Å². The number of nitrogens with one attached hydrogen (secondary N) is 1. The summed E-state index contributed by atoms with van der Waals surface area (Å²) in [6.07, 6.45) is 0.460. The lowest BCUT2D eigenvalue weighted by atomic mass is 10.00. The highest BCUT2D eigenvalue weighted by atomic mass is 16.5. The van der Waals surface area contributed by atoms with E-state index in [1.54, 1.807) is 7.05 Å². The molecular formula is C23H31N3O3. The minimum Gasteiger partial charge on any atom is -0.491 e. The van der Waals surface area contributed by atoms with Crippen molar-refractivity contribution in [3.8, 4) is 5.75 Å². The maximum atomic E-state index is 11.6. The van der Waals surface area contributed by atoms with Gasteiger partial charge >= 0.3 is 0 Å². The summed E-state index contributed by atoms with van der Waals surface area (Å²) in [4.78, 5) is 15.8. The standard InChI is InChI=1S/C23H31N3O3/c1-24-23(28)16-25(2)13-20-9-5-6-10-22(20)29-17-21(27)15-26-12-11-18-7-3-4-8-19(18)14-26/h3-10,21,27H,11-17H2,1-2H3,(H,24,28)/t21-/m1/s1. The first-order valence-corrected chi connectivity index (χ1v) is 10.1. The Kier molecular flexibility index (Phi) is 7.63. The van der Waals surface area contributed by atoms with Crippen LogP contribution >= 0.6 is 0 Å². The van der Waals surface area contributed by atoms with Gasteiger partial charge in [0, 0.05) is 38.8 Å². The van der Waals surface area contributed by atoms with Gasteiger partial charge in [0.25, 0.3) is 0 Å². The topological polar surface area (TPSA) is 65.0 Å². The van der Waals surface area contributed by atoms with Gasteiger partial charge in [-0.25, -0.2) is 0 Å². The molecule has 1 atom stereocenters. The Morgan fingerprint density at radius 3 is 2.72 bits per heavy atom. The number of benzene rings is 2. The normalized spacial score (nSPS) is 15.0. The first kappa shape index (κ1) is 21.3. The summed E-state index contributed by atoms with van der Waals surface area (Å²) < 4.78 is 5.94. The molecule has 0 fully saturated rings. The van der Waals surface area contributed by atoms with Crippen molar-refractivity contribution in [2.24, 2.45) is 0 Å². The number of β-amino-alcohol motifs (C(OH)–C–C–N with tert-alkyl or cyclic N) is 1. The molecule has 6 nitrogen and oxygen atoms in total. The minimum atomic E-state index is -0.558. The molecule has 0 aromatic heterocycles. The van der Waals surface area contributed by atoms with Gasteiger partial charge in [-0.15, -0.1) is 0 Å². The zero-order chi connectivity index (χ0) is 20.6. The molecule has 29 heavy (non-hydrogen) atoms. The second-order valence-electron chi connectivity index (χ2n) is 7.67. The van der Waals surface area contributed by atoms with Gasteiger partial charge in [0.2, 0.25) is 5.91 Å². The number of aliphatic hydroxyl groups is 1. The molecule has 0 spiro atoms. The van der Waals surface area contributed by atoms with Crippen LogP contribution in [0.1, 0.15) is 16.7 Å². The SMILES string of the molecule is CNC(=O)CN(C)Cc1ccccc1OC[C@H](O)CN1CCc2ccccc2C1. The Balaban J connectivity index is 1.50. The van der Waals surface area contributed by atoms with Gasteiger partial charge in [-0.05, 0) is 30.7 Å². The zero-order valence-electron chi connectivity index (χ0n) is 17.3. The van der Waals surface area contributed by atoms with E-state index < -0.39 is 6.10 Å². The molecule has 0 saturated heterocycles. The molecule has 156 valence electrons. The van der Waals surface area contributed by atoms with Gasteiger partial charge in [-0.2, -0.15) is 0 Å². The maximum Gasteiger partial charge on any atom is 0.233 e. The molecule has 0 aliphatic carbocycles. The van der Waals surface area contributed by atoms with E-state index in [1.807, 2.05) is 36.2 Å². The van der Waals surface area contributed by atoms with Crippen LogP contribution in [0.5, 0.6) is 5.75 Å². The molecule has 0 unspecified atom stereocenters. The molecular weight excluding hydrogens is 366 g/mol. The number of aliphatic hydroxyl groups excluding tert-OH is 1. The molecule has 1 aliphatic heterocycles. The zero-order valence-corrected chi connectivity index (χ0v) is 17.3. The predicted octanol–water partition coefficient (Wildman–Crippen LogP) is 1.66. The van der Waals surface area contributed by atoms with Crippen LogP contribution in [-0.4, -0.2) is 67.3 Å². The number of rotatable bonds is 9. The van der Waals surface area contributed by atoms with Crippen molar-refractivity contribution in [3.05, 3.63) is 65.2 Å². The summed E-state index contributed by atoms with van der Waals surface area (Å²) in [5.41, 5.74) is 3.75. The van der Waals surface area contributed by atoms with Gasteiger partial charge in [0.05, 0.1) is 6.54 Å². The van der Waals surface area contributed by atoms with Crippen LogP contribution in [0.2, 0.25) is 0 Å². The molecule has 2 aromatic carbocycles. The van der Waals surface area contributed by atoms with Crippen molar-refractivity contribution in [2.75, 3.05) is 40.3 Å². The van der Waals surface area contributed by atoms with Crippen LogP contribution in [0.3, 0.4) is 0 Å². The minimum absolute atomic E-state index is 0.0237. The smallest absolute Gasteiger partial charge is 0.233 e. The predicted molar refractivity (Wildman–Crippen MR) is 114 cm³/mol. The quantitative estimate of drug-likeness (QED) is 0.674. The number of hydrogen-bond donors (Lipinski definition) is 2. The third-order valence-electron chi connectivity index (χ3n) is 5.22. The van der Waals surface area contributed by atoms with E-state index >= 15 is 0 Å². The number of para-hydroxylation sites is 1. The highest BCUT2D eigenvalue weighted by Gasteiger charge is 2.19. The van der Waals surface area contributed by atoms with Gasteiger partial charge in [-0.1, -0.05) is 42.5 Å². The molecule has 1 aliphatic rings. The molecule has 2 aromatic rings. The number of hydrogen-bond acceptors (Lipinski definition) is 5. The number of amides is 1. The summed E-state index contributed by atoms with van der Waals surface area (Å²) in [7, 11) is 3.53. The second kappa shape index (κ2) is 10.4. The van der Waals surface area contributed by atoms with Crippen LogP contribution in [0, 0.1) is 0 Å². The second-order valence-corrected chi connectivity index (χ2v) is 7.67. The lowest BCUT2D eigenvalue weighted by Gasteiger charge is -2.30. The summed E-state index contributed by atoms with van der Waals surface area (Å²) in [5, 5.41) is 13.1. The van der Waals surface area contributed by atoms with Crippen LogP contribution in [0.4, 0.5) is 0 Å². The largest absolute Gasteiger partial charge is 0.491 e. The third-order valence-corrected chi connectivity index (χ3v) is 5.22. The van der Waals surface area contributed by atoms with Crippen LogP contribution in [0.25, 0.3) is 0 Å². The molecule has 0 radical (unpaired) electrons. The number of nitrogens with zero attached hydrogens (tertiary/aromatic N) is 2. The van der Waals surface area contributed by atoms with Gasteiger partial charge in [0.15, 0.2) is 0 Å². The molecule has 1 amide bonds. The first-order chi connectivity index (χ1) is 14.0. The highest BCUT2D eigenvalue weighted by Crippen LogP contribution is 2.21. The Morgan fingerprint density at radius 1 is 1.21 bits per heavy atom. The first-order valence-electron chi connectivity index (χ1n) is 10.1. The van der Waals surface area contributed by atoms with E-state index in [0.717, 1.165) is 30.8 Å². The Hall–Kier alpha value is -2.41. The van der Waals surface area contributed by atoms with E-state index in [9.17, 15) is 9.90 Å². The number of ether oxygens (including phenoxy) is 1. The molecule has 1 heterocycles. The van der Waals surface area contributed by atoms with Crippen molar-refractivity contribution < 1.29 is 14.6 Å². The number of likely N-dealkylation sites (N-methyl/N-ethyl adjacent to an activating group) is 2. The average Bonchev–Trinajstić information content (AvgIpc) is 2.73. The Labute approximate surface area is 173 Å². The Bertz CT molecular complexity index is 811. The van der Waals surface area contributed by atoms with Gasteiger partial charge in [0.1, 0.15) is 18.5 Å². The fraction of sp³-hybridized carbons (Fsp3) is 0.435. The van der Waals surface area contributed by atoms with Crippen LogP contribution in [0.15, 0.2) is 48.5 Å². The summed E-state index contributed by atoms with van der Waals surface area (Å²) >= 11 is 0. The number of fused-ring (bicyclic) bond motifs is 1. The molecule has 2 N–H and O–H groups in total. The summed E-state index contributed by atoms with van der Waals surface area (Å²) in [6.45, 7) is 3.58. The van der Waals surface area contributed by atoms with Crippen molar-refractivity contribution in [3.63, 3.8) is 0 Å². The summed E-state index contributed by atoms with van der Waals surface area (Å²) in [6, 6.07) is 16.3. The highest BCUT2D eigenvalue weighted by molar-refractivity contribution is 5.77. The van der Waals surface area contributed by atoms with Crippen molar-refractivity contribution >= 4 is 5.91 Å². The van der Waals surface area contributed by atoms with Crippen LogP contribution < -0.4 is 10.1 Å². The fourth-order valence-electron chi connectivity index (χ4n) is 3.69. The lowest BCUT2D eigenvalue weighted by Crippen LogP contribution is -2.38. The molecule has 3 rings (SSSR count). The lowest BCUT2D eigenvalue weighted by molar-refractivity contribution is -0.121. The Morgan fingerprint density at radius 2 is 1.93 bits per heavy atom. The van der Waals surface area contributed by atoms with Crippen molar-refractivity contribution in [1.29, 1.82) is 0 Å². The molecule has 0 bridgehead atoms. The van der Waals surface area contributed by atoms with E-state index in [2.05, 4.69) is 34.5 Å². The van der Waals surface area contributed by atoms with Crippen molar-refractivity contribution in [2.45, 2.75) is 25.6 Å². The fourth-order valence-corrected chi connectivity index (χ4v) is 3.69. The van der Waals surface area contributed by atoms with Gasteiger partial charge in [-0.3, -0.25) is 14.6 Å². The van der Waals surface area contributed by atoms with E-state index in [4.69, 9.17) is 4.74 Å². The maximum absolute atomic E-state index is 11.6. The van der Waals surface area contributed by atoms with E-state index in [0.29, 0.717) is 19.6 Å². The molecule has 6 heteroatoms. The van der Waals surface area contributed by atoms with Gasteiger partial charge < -0.3 is 15.2 Å². The average molecular weight is 398 g/mol. The molecule has 0 saturated carbocycles. The summed E-state index contributed by atoms with van der Waals surface area (Å²) in [5.74, 6) is 0.726. The number of carbonyl (C=O) groups is 1. The number of carbonyl (C=O) groups excluding carboxylic acids is 1.